The van der Waals surface area contributed by atoms with Gasteiger partial charge in [-0.15, -0.1) is 11.8 Å². The van der Waals surface area contributed by atoms with Crippen LogP contribution >= 0.6 is 19.4 Å². The molecule has 0 aliphatic carbocycles. The molecule has 3 aromatic rings. The van der Waals surface area contributed by atoms with Gasteiger partial charge in [0.05, 0.1) is 25.9 Å². The van der Waals surface area contributed by atoms with Crippen molar-refractivity contribution in [2.75, 3.05) is 32.4 Å². The summed E-state index contributed by atoms with van der Waals surface area (Å²) >= 11 is 1.32. The highest BCUT2D eigenvalue weighted by Crippen LogP contribution is 2.53. The molecule has 1 aliphatic rings. The molecule has 0 bridgehead atoms. The first-order chi connectivity index (χ1) is 19.2. The number of carbonyl (C=O) groups is 2. The second-order valence-electron chi connectivity index (χ2n) is 8.81. The summed E-state index contributed by atoms with van der Waals surface area (Å²) in [6, 6.07) is 9.26. The molecule has 1 aromatic heterocycles. The van der Waals surface area contributed by atoms with E-state index in [2.05, 4.69) is 10.3 Å². The Labute approximate surface area is 235 Å². The summed E-state index contributed by atoms with van der Waals surface area (Å²) in [4.78, 5) is 32.1. The molecule has 1 unspecified atom stereocenters. The van der Waals surface area contributed by atoms with Crippen molar-refractivity contribution in [2.45, 2.75) is 32.2 Å². The molecule has 2 N–H and O–H groups in total. The zero-order valence-corrected chi connectivity index (χ0v) is 24.1. The van der Waals surface area contributed by atoms with Crippen LogP contribution in [0.3, 0.4) is 0 Å². The first-order valence-electron chi connectivity index (χ1n) is 12.7. The first kappa shape index (κ1) is 29.8. The molecule has 0 saturated heterocycles. The fraction of sp³-hybridized carbons (Fsp3) is 0.370. The van der Waals surface area contributed by atoms with E-state index in [4.69, 9.17) is 13.8 Å². The van der Waals surface area contributed by atoms with Gasteiger partial charge in [0, 0.05) is 35.9 Å². The maximum atomic E-state index is 13.7. The molecule has 2 aromatic carbocycles. The predicted molar refractivity (Wildman–Crippen MR) is 150 cm³/mol. The molecule has 1 aliphatic heterocycles. The standard InChI is InChI=1S/C27H31FN3O7PS/c1-4-37-39(35,38-5-2)16-30-20(32)12-14-40-27-22-21(24(33)23-19(25(22)36-3)7-6-13-29-23)26(34)31(27)15-17-8-10-18(28)11-9-17/h6-11,13,27,33H,4-5,12,14-16H2,1-3H3,(H,30,32). The molecule has 0 saturated carbocycles. The van der Waals surface area contributed by atoms with E-state index in [1.54, 1.807) is 43.0 Å². The Morgan fingerprint density at radius 1 is 1.20 bits per heavy atom. The Morgan fingerprint density at radius 3 is 2.55 bits per heavy atom. The molecule has 10 nitrogen and oxygen atoms in total. The number of fused-ring (bicyclic) bond motifs is 2. The minimum Gasteiger partial charge on any atom is -0.505 e. The molecule has 13 heteroatoms. The molecule has 214 valence electrons. The largest absolute Gasteiger partial charge is 0.505 e. The summed E-state index contributed by atoms with van der Waals surface area (Å²) < 4.78 is 42.3. The van der Waals surface area contributed by atoms with E-state index >= 15 is 0 Å². The minimum atomic E-state index is -3.44. The van der Waals surface area contributed by atoms with E-state index < -0.39 is 24.7 Å². The normalized spacial score (nSPS) is 14.9. The summed E-state index contributed by atoms with van der Waals surface area (Å²) in [5, 5.41) is 13.6. The molecule has 40 heavy (non-hydrogen) atoms. The van der Waals surface area contributed by atoms with Gasteiger partial charge in [-0.1, -0.05) is 12.1 Å². The molecule has 4 rings (SSSR count). The topological polar surface area (TPSA) is 127 Å². The van der Waals surface area contributed by atoms with Crippen LogP contribution in [0.1, 0.15) is 47.1 Å². The number of hydrogen-bond acceptors (Lipinski definition) is 9. The lowest BCUT2D eigenvalue weighted by atomic mass is 10.0. The number of aromatic nitrogens is 1. The number of rotatable bonds is 13. The van der Waals surface area contributed by atoms with E-state index in [-0.39, 0.29) is 61.0 Å². The molecule has 2 heterocycles. The van der Waals surface area contributed by atoms with E-state index in [1.165, 1.54) is 37.2 Å². The summed E-state index contributed by atoms with van der Waals surface area (Å²) in [6.45, 7) is 3.87. The molecule has 0 spiro atoms. The third-order valence-electron chi connectivity index (χ3n) is 6.23. The molecule has 0 fully saturated rings. The Kier molecular flexibility index (Phi) is 9.68. The van der Waals surface area contributed by atoms with Crippen molar-refractivity contribution in [3.8, 4) is 11.5 Å². The fourth-order valence-corrected chi connectivity index (χ4v) is 7.22. The highest BCUT2D eigenvalue weighted by atomic mass is 32.2. The number of phenols is 1. The highest BCUT2D eigenvalue weighted by Gasteiger charge is 2.43. The first-order valence-corrected chi connectivity index (χ1v) is 15.5. The van der Waals surface area contributed by atoms with Crippen LogP contribution in [0.25, 0.3) is 10.9 Å². The maximum Gasteiger partial charge on any atom is 0.349 e. The Hall–Kier alpha value is -3.18. The molecular weight excluding hydrogens is 560 g/mol. The number of nitrogens with zero attached hydrogens (tertiary/aromatic N) is 2. The van der Waals surface area contributed by atoms with Crippen LogP contribution in [0, 0.1) is 5.82 Å². The van der Waals surface area contributed by atoms with Crippen LogP contribution in [0.15, 0.2) is 42.6 Å². The van der Waals surface area contributed by atoms with Crippen LogP contribution in [0.5, 0.6) is 11.5 Å². The van der Waals surface area contributed by atoms with Crippen LogP contribution in [-0.2, 0) is 25.0 Å². The van der Waals surface area contributed by atoms with Gasteiger partial charge in [0.15, 0.2) is 5.75 Å². The number of phenolic OH excluding ortho intramolecular Hbond substituents is 1. The minimum absolute atomic E-state index is 0.0523. The number of hydrogen-bond donors (Lipinski definition) is 2. The molecular formula is C27H31FN3O7PS. The van der Waals surface area contributed by atoms with E-state index in [1.807, 2.05) is 0 Å². The van der Waals surface area contributed by atoms with Gasteiger partial charge < -0.3 is 29.1 Å². The van der Waals surface area contributed by atoms with Crippen molar-refractivity contribution >= 4 is 42.1 Å². The van der Waals surface area contributed by atoms with Crippen LogP contribution in [-0.4, -0.2) is 59.2 Å². The number of methoxy groups -OCH3 is 1. The number of pyridine rings is 1. The third kappa shape index (κ3) is 6.25. The van der Waals surface area contributed by atoms with Crippen molar-refractivity contribution in [2.24, 2.45) is 0 Å². The zero-order chi connectivity index (χ0) is 28.9. The highest BCUT2D eigenvalue weighted by molar-refractivity contribution is 7.99. The second kappa shape index (κ2) is 13.0. The van der Waals surface area contributed by atoms with E-state index in [0.29, 0.717) is 22.3 Å². The molecule has 2 amide bonds. The summed E-state index contributed by atoms with van der Waals surface area (Å²) in [6.07, 6.45) is 1.32. The molecule has 0 radical (unpaired) electrons. The van der Waals surface area contributed by atoms with Crippen molar-refractivity contribution in [3.63, 3.8) is 0 Å². The van der Waals surface area contributed by atoms with Gasteiger partial charge in [0.25, 0.3) is 5.91 Å². The molecule has 1 atom stereocenters. The Bertz CT molecular complexity index is 1430. The maximum absolute atomic E-state index is 13.7. The average Bonchev–Trinajstić information content (AvgIpc) is 3.20. The van der Waals surface area contributed by atoms with Crippen LogP contribution < -0.4 is 10.1 Å². The van der Waals surface area contributed by atoms with Crippen molar-refractivity contribution in [3.05, 3.63) is 65.1 Å². The Balaban J connectivity index is 1.60. The van der Waals surface area contributed by atoms with E-state index in [9.17, 15) is 23.7 Å². The van der Waals surface area contributed by atoms with Crippen molar-refractivity contribution in [1.29, 1.82) is 0 Å². The van der Waals surface area contributed by atoms with Gasteiger partial charge >= 0.3 is 7.60 Å². The summed E-state index contributed by atoms with van der Waals surface area (Å²) in [5.41, 5.74) is 1.50. The zero-order valence-electron chi connectivity index (χ0n) is 22.4. The summed E-state index contributed by atoms with van der Waals surface area (Å²) in [7, 11) is -1.96. The lowest BCUT2D eigenvalue weighted by molar-refractivity contribution is -0.120. The van der Waals surface area contributed by atoms with Crippen LogP contribution in [0.2, 0.25) is 0 Å². The number of nitrogens with one attached hydrogen (secondary N) is 1. The monoisotopic (exact) mass is 591 g/mol. The second-order valence-corrected chi connectivity index (χ2v) is 12.0. The van der Waals surface area contributed by atoms with Gasteiger partial charge in [-0.3, -0.25) is 19.1 Å². The van der Waals surface area contributed by atoms with Crippen molar-refractivity contribution in [1.82, 2.24) is 15.2 Å². The number of halogens is 1. The van der Waals surface area contributed by atoms with Crippen LogP contribution in [0.4, 0.5) is 4.39 Å². The number of carbonyl (C=O) groups excluding carboxylic acids is 2. The number of thioether (sulfide) groups is 1. The average molecular weight is 592 g/mol. The van der Waals surface area contributed by atoms with Gasteiger partial charge in [0.2, 0.25) is 5.91 Å². The number of benzene rings is 2. The lowest BCUT2D eigenvalue weighted by Gasteiger charge is -2.26. The quantitative estimate of drug-likeness (QED) is 0.258. The fourth-order valence-electron chi connectivity index (χ4n) is 4.53. The summed E-state index contributed by atoms with van der Waals surface area (Å²) in [5.74, 6) is -0.748. The van der Waals surface area contributed by atoms with Gasteiger partial charge in [-0.25, -0.2) is 4.39 Å². The van der Waals surface area contributed by atoms with E-state index in [0.717, 1.165) is 0 Å². The van der Waals surface area contributed by atoms with Gasteiger partial charge in [-0.05, 0) is 43.7 Å². The van der Waals surface area contributed by atoms with Crippen molar-refractivity contribution < 1.29 is 37.4 Å². The number of ether oxygens (including phenoxy) is 1. The SMILES string of the molecule is CCOP(=O)(CNC(=O)CCSC1c2c(c(O)c3ncccc3c2OC)C(=O)N1Cc1ccc(F)cc1)OCC. The third-order valence-corrected chi connectivity index (χ3v) is 9.32. The van der Waals surface area contributed by atoms with Gasteiger partial charge in [-0.2, -0.15) is 0 Å². The van der Waals surface area contributed by atoms with Gasteiger partial charge in [0.1, 0.15) is 28.7 Å². The lowest BCUT2D eigenvalue weighted by Crippen LogP contribution is -2.28. The number of amides is 2. The number of aromatic hydroxyl groups is 1. The Morgan fingerprint density at radius 2 is 1.90 bits per heavy atom. The smallest absolute Gasteiger partial charge is 0.349 e. The predicted octanol–water partition coefficient (Wildman–Crippen LogP) is 5.21.